The van der Waals surface area contributed by atoms with E-state index in [4.69, 9.17) is 17.3 Å². The van der Waals surface area contributed by atoms with Crippen molar-refractivity contribution in [2.75, 3.05) is 12.8 Å². The molecule has 1 aliphatic rings. The molecule has 0 unspecified atom stereocenters. The van der Waals surface area contributed by atoms with E-state index in [1.54, 1.807) is 19.3 Å². The number of halogens is 1. The normalized spacial score (nSPS) is 23.2. The number of nitrogens with zero attached hydrogens (tertiary/aromatic N) is 3. The molecule has 6 nitrogen and oxygen atoms in total. The maximum Gasteiger partial charge on any atom is 0.239 e. The number of nitrogens with two attached hydrogens (primary N) is 1. The van der Waals surface area contributed by atoms with E-state index >= 15 is 0 Å². The zero-order valence-electron chi connectivity index (χ0n) is 13.4. The molecule has 3 heterocycles. The fraction of sp³-hybridized carbons (Fsp3) is 0.333. The lowest BCUT2D eigenvalue weighted by atomic mass is 9.97. The molecule has 0 spiro atoms. The summed E-state index contributed by atoms with van der Waals surface area (Å²) < 4.78 is 26.2. The highest BCUT2D eigenvalue weighted by atomic mass is 35.5. The lowest BCUT2D eigenvalue weighted by Gasteiger charge is -2.34. The number of hydrogen-bond donors (Lipinski definition) is 1. The van der Waals surface area contributed by atoms with Gasteiger partial charge in [0.25, 0.3) is 0 Å². The third-order valence-electron chi connectivity index (χ3n) is 3.99. The van der Waals surface area contributed by atoms with Crippen LogP contribution in [0.4, 0.5) is 0 Å². The van der Waals surface area contributed by atoms with Gasteiger partial charge in [0.15, 0.2) is 0 Å². The number of pyridine rings is 1. The van der Waals surface area contributed by atoms with Crippen LogP contribution in [-0.2, 0) is 15.6 Å². The van der Waals surface area contributed by atoms with Crippen molar-refractivity contribution in [1.29, 1.82) is 0 Å². The van der Waals surface area contributed by atoms with E-state index in [1.807, 2.05) is 19.1 Å². The standard InChI is InChI=1S/C15H17ClN4O2S2/c1-9-4-10(7-18-6-9)12-5-11(13(16)23-12)15(2)8-24(21,22)20(3)14(17)19-15/h4-7H,8H2,1-3H3,(H2,17,19)/t15-/m0/s1. The first kappa shape index (κ1) is 17.2. The number of aliphatic imine (C=N–C) groups is 1. The molecule has 0 saturated heterocycles. The van der Waals surface area contributed by atoms with Crippen molar-refractivity contribution in [3.8, 4) is 10.4 Å². The Kier molecular flexibility index (Phi) is 4.09. The fourth-order valence-electron chi connectivity index (χ4n) is 2.66. The zero-order valence-corrected chi connectivity index (χ0v) is 15.8. The lowest BCUT2D eigenvalue weighted by molar-refractivity contribution is 0.478. The van der Waals surface area contributed by atoms with Gasteiger partial charge in [0.05, 0.1) is 10.1 Å². The topological polar surface area (TPSA) is 88.7 Å². The van der Waals surface area contributed by atoms with Gasteiger partial charge in [-0.15, -0.1) is 11.3 Å². The number of hydrogen-bond acceptors (Lipinski definition) is 6. The van der Waals surface area contributed by atoms with E-state index in [-0.39, 0.29) is 11.7 Å². The molecule has 2 aromatic rings. The lowest BCUT2D eigenvalue weighted by Crippen LogP contribution is -2.50. The van der Waals surface area contributed by atoms with E-state index < -0.39 is 15.6 Å². The molecule has 24 heavy (non-hydrogen) atoms. The summed E-state index contributed by atoms with van der Waals surface area (Å²) in [6.45, 7) is 3.69. The minimum absolute atomic E-state index is 0.0372. The van der Waals surface area contributed by atoms with Crippen molar-refractivity contribution in [2.45, 2.75) is 19.4 Å². The Morgan fingerprint density at radius 2 is 2.08 bits per heavy atom. The summed E-state index contributed by atoms with van der Waals surface area (Å²) >= 11 is 7.79. The SMILES string of the molecule is Cc1cncc(-c2cc([C@]3(C)CS(=O)(=O)N(C)C(N)=N3)c(Cl)s2)c1. The summed E-state index contributed by atoms with van der Waals surface area (Å²) in [5.41, 5.74) is 7.41. The first-order chi connectivity index (χ1) is 11.1. The summed E-state index contributed by atoms with van der Waals surface area (Å²) in [4.78, 5) is 9.50. The number of aromatic nitrogens is 1. The van der Waals surface area contributed by atoms with E-state index in [9.17, 15) is 8.42 Å². The Morgan fingerprint density at radius 1 is 1.38 bits per heavy atom. The number of guanidine groups is 1. The highest BCUT2D eigenvalue weighted by Gasteiger charge is 2.42. The molecule has 0 radical (unpaired) electrons. The number of thiophene rings is 1. The quantitative estimate of drug-likeness (QED) is 0.861. The van der Waals surface area contributed by atoms with Crippen molar-refractivity contribution >= 4 is 38.9 Å². The third-order valence-corrected chi connectivity index (χ3v) is 7.35. The summed E-state index contributed by atoms with van der Waals surface area (Å²) in [7, 11) is -2.14. The highest BCUT2D eigenvalue weighted by Crippen LogP contribution is 2.43. The Morgan fingerprint density at radius 3 is 2.71 bits per heavy atom. The van der Waals surface area contributed by atoms with Crippen molar-refractivity contribution < 1.29 is 8.42 Å². The van der Waals surface area contributed by atoms with Crippen LogP contribution in [0.5, 0.6) is 0 Å². The summed E-state index contributed by atoms with van der Waals surface area (Å²) in [6.07, 6.45) is 3.53. The number of rotatable bonds is 2. The first-order valence-corrected chi connectivity index (χ1v) is 9.96. The van der Waals surface area contributed by atoms with E-state index in [0.29, 0.717) is 9.90 Å². The molecule has 0 aromatic carbocycles. The minimum atomic E-state index is -3.53. The summed E-state index contributed by atoms with van der Waals surface area (Å²) in [5, 5.41) is 0. The molecule has 128 valence electrons. The smallest absolute Gasteiger partial charge is 0.239 e. The molecular weight excluding hydrogens is 368 g/mol. The van der Waals surface area contributed by atoms with Gasteiger partial charge in [-0.1, -0.05) is 11.6 Å². The maximum absolute atomic E-state index is 12.3. The Balaban J connectivity index is 2.11. The second-order valence-corrected chi connectivity index (χ2v) is 9.67. The van der Waals surface area contributed by atoms with Crippen LogP contribution in [0.2, 0.25) is 4.34 Å². The molecule has 0 amide bonds. The average Bonchev–Trinajstić information content (AvgIpc) is 2.87. The highest BCUT2D eigenvalue weighted by molar-refractivity contribution is 7.89. The molecule has 0 aliphatic carbocycles. The zero-order chi connectivity index (χ0) is 17.7. The van der Waals surface area contributed by atoms with E-state index in [2.05, 4.69) is 9.98 Å². The van der Waals surface area contributed by atoms with Gasteiger partial charge in [-0.05, 0) is 31.5 Å². The maximum atomic E-state index is 12.3. The number of sulfonamides is 1. The number of aryl methyl sites for hydroxylation is 1. The molecular formula is C15H17ClN4O2S2. The predicted octanol–water partition coefficient (Wildman–Crippen LogP) is 2.58. The van der Waals surface area contributed by atoms with Gasteiger partial charge in [0.1, 0.15) is 5.54 Å². The molecule has 1 aliphatic heterocycles. The molecule has 9 heteroatoms. The van der Waals surface area contributed by atoms with Crippen LogP contribution in [0.1, 0.15) is 18.1 Å². The summed E-state index contributed by atoms with van der Waals surface area (Å²) in [6, 6.07) is 3.88. The van der Waals surface area contributed by atoms with Gasteiger partial charge >= 0.3 is 0 Å². The van der Waals surface area contributed by atoms with Gasteiger partial charge in [-0.2, -0.15) is 0 Å². The van der Waals surface area contributed by atoms with Crippen LogP contribution in [0.25, 0.3) is 10.4 Å². The molecule has 0 fully saturated rings. The molecule has 3 rings (SSSR count). The van der Waals surface area contributed by atoms with Crippen molar-refractivity contribution in [3.05, 3.63) is 40.0 Å². The van der Waals surface area contributed by atoms with Gasteiger partial charge < -0.3 is 5.73 Å². The van der Waals surface area contributed by atoms with Crippen LogP contribution in [0, 0.1) is 6.92 Å². The first-order valence-electron chi connectivity index (χ1n) is 7.16. The molecule has 1 atom stereocenters. The molecule has 0 saturated carbocycles. The second kappa shape index (κ2) is 5.72. The van der Waals surface area contributed by atoms with Gasteiger partial charge in [0.2, 0.25) is 16.0 Å². The average molecular weight is 385 g/mol. The van der Waals surface area contributed by atoms with Gasteiger partial charge in [-0.25, -0.2) is 17.7 Å². The molecule has 2 N–H and O–H groups in total. The monoisotopic (exact) mass is 384 g/mol. The predicted molar refractivity (Wildman–Crippen MR) is 97.8 cm³/mol. The van der Waals surface area contributed by atoms with Crippen LogP contribution >= 0.6 is 22.9 Å². The largest absolute Gasteiger partial charge is 0.369 e. The van der Waals surface area contributed by atoms with Crippen molar-refractivity contribution in [2.24, 2.45) is 10.7 Å². The van der Waals surface area contributed by atoms with E-state index in [0.717, 1.165) is 20.3 Å². The Hall–Kier alpha value is -1.64. The van der Waals surface area contributed by atoms with Crippen molar-refractivity contribution in [1.82, 2.24) is 9.29 Å². The fourth-order valence-corrected chi connectivity index (χ4v) is 5.60. The Labute approximate surface area is 150 Å². The van der Waals surface area contributed by atoms with Crippen LogP contribution in [0.3, 0.4) is 0 Å². The van der Waals surface area contributed by atoms with Crippen LogP contribution in [-0.4, -0.2) is 36.5 Å². The molecule has 0 bridgehead atoms. The minimum Gasteiger partial charge on any atom is -0.369 e. The third kappa shape index (κ3) is 2.89. The molecule has 2 aromatic heterocycles. The van der Waals surface area contributed by atoms with E-state index in [1.165, 1.54) is 18.4 Å². The van der Waals surface area contributed by atoms with Gasteiger partial charge in [-0.3, -0.25) is 4.98 Å². The van der Waals surface area contributed by atoms with Crippen LogP contribution < -0.4 is 5.73 Å². The van der Waals surface area contributed by atoms with Crippen molar-refractivity contribution in [3.63, 3.8) is 0 Å². The van der Waals surface area contributed by atoms with Gasteiger partial charge in [0, 0.05) is 35.4 Å². The second-order valence-electron chi connectivity index (χ2n) is 6.02. The summed E-state index contributed by atoms with van der Waals surface area (Å²) in [5.74, 6) is -0.219. The van der Waals surface area contributed by atoms with Crippen LogP contribution in [0.15, 0.2) is 29.5 Å². The Bertz CT molecular complexity index is 939.